The van der Waals surface area contributed by atoms with Crippen molar-refractivity contribution in [1.82, 2.24) is 15.0 Å². The van der Waals surface area contributed by atoms with Crippen LogP contribution in [0.2, 0.25) is 0 Å². The number of rotatable bonds is 5. The summed E-state index contributed by atoms with van der Waals surface area (Å²) < 4.78 is 5.47. The van der Waals surface area contributed by atoms with Gasteiger partial charge < -0.3 is 9.42 Å². The van der Waals surface area contributed by atoms with E-state index in [1.807, 2.05) is 30.1 Å². The van der Waals surface area contributed by atoms with Gasteiger partial charge >= 0.3 is 0 Å². The maximum atomic E-state index is 13.0. The van der Waals surface area contributed by atoms with Gasteiger partial charge in [-0.1, -0.05) is 5.16 Å². The highest BCUT2D eigenvalue weighted by molar-refractivity contribution is 5.76. The first-order valence-electron chi connectivity index (χ1n) is 10.2. The Balaban J connectivity index is 1.23. The van der Waals surface area contributed by atoms with Crippen LogP contribution in [0.3, 0.4) is 0 Å². The lowest BCUT2D eigenvalue weighted by atomic mass is 9.49. The average Bonchev–Trinajstić information content (AvgIpc) is 3.09. The molecule has 4 aliphatic rings. The normalized spacial score (nSPS) is 31.2. The Kier molecular flexibility index (Phi) is 4.06. The van der Waals surface area contributed by atoms with Crippen molar-refractivity contribution in [3.05, 3.63) is 36.4 Å². The van der Waals surface area contributed by atoms with Gasteiger partial charge in [-0.2, -0.15) is 0 Å². The Morgan fingerprint density at radius 1 is 1.15 bits per heavy atom. The Labute approximate surface area is 160 Å². The quantitative estimate of drug-likeness (QED) is 0.792. The SMILES string of the molecule is CN(Cc1cc(-c2ccncc2)no1)C(=O)CC12CC3CC(CC(C3)C1)C2. The number of carbonyl (C=O) groups excluding carboxylic acids is 1. The van der Waals surface area contributed by atoms with Gasteiger partial charge in [0.15, 0.2) is 5.76 Å². The zero-order valence-electron chi connectivity index (χ0n) is 15.9. The van der Waals surface area contributed by atoms with Crippen molar-refractivity contribution >= 4 is 5.91 Å². The van der Waals surface area contributed by atoms with E-state index in [4.69, 9.17) is 4.52 Å². The molecule has 5 nitrogen and oxygen atoms in total. The molecule has 2 aromatic rings. The molecule has 2 aromatic heterocycles. The van der Waals surface area contributed by atoms with Crippen molar-refractivity contribution in [2.24, 2.45) is 23.2 Å². The smallest absolute Gasteiger partial charge is 0.223 e. The molecule has 0 spiro atoms. The first kappa shape index (κ1) is 17.0. The minimum Gasteiger partial charge on any atom is -0.359 e. The summed E-state index contributed by atoms with van der Waals surface area (Å²) in [5.41, 5.74) is 2.04. The molecule has 6 rings (SSSR count). The van der Waals surface area contributed by atoms with Gasteiger partial charge in [-0.05, 0) is 73.8 Å². The zero-order chi connectivity index (χ0) is 18.4. The van der Waals surface area contributed by atoms with Crippen LogP contribution < -0.4 is 0 Å². The number of amides is 1. The fourth-order valence-electron chi connectivity index (χ4n) is 6.33. The van der Waals surface area contributed by atoms with E-state index in [1.54, 1.807) is 12.4 Å². The van der Waals surface area contributed by atoms with Crippen molar-refractivity contribution in [2.45, 2.75) is 51.5 Å². The van der Waals surface area contributed by atoms with Gasteiger partial charge in [0, 0.05) is 37.5 Å². The maximum absolute atomic E-state index is 13.0. The fraction of sp³-hybridized carbons (Fsp3) is 0.591. The third-order valence-electron chi connectivity index (χ3n) is 7.05. The third-order valence-corrected chi connectivity index (χ3v) is 7.05. The summed E-state index contributed by atoms with van der Waals surface area (Å²) in [6.07, 6.45) is 12.2. The zero-order valence-corrected chi connectivity index (χ0v) is 15.9. The predicted molar refractivity (Wildman–Crippen MR) is 101 cm³/mol. The Morgan fingerprint density at radius 2 is 1.78 bits per heavy atom. The highest BCUT2D eigenvalue weighted by Crippen LogP contribution is 2.61. The molecule has 142 valence electrons. The lowest BCUT2D eigenvalue weighted by Gasteiger charge is -2.56. The van der Waals surface area contributed by atoms with E-state index >= 15 is 0 Å². The topological polar surface area (TPSA) is 59.2 Å². The van der Waals surface area contributed by atoms with Gasteiger partial charge in [-0.15, -0.1) is 0 Å². The van der Waals surface area contributed by atoms with Crippen LogP contribution in [0.4, 0.5) is 0 Å². The molecular formula is C22H27N3O2. The number of hydrogen-bond acceptors (Lipinski definition) is 4. The molecule has 0 aliphatic heterocycles. The largest absolute Gasteiger partial charge is 0.359 e. The summed E-state index contributed by atoms with van der Waals surface area (Å²) in [4.78, 5) is 18.8. The third kappa shape index (κ3) is 3.28. The lowest BCUT2D eigenvalue weighted by molar-refractivity contribution is -0.139. The predicted octanol–water partition coefficient (Wildman–Crippen LogP) is 4.30. The van der Waals surface area contributed by atoms with Crippen molar-refractivity contribution in [3.8, 4) is 11.3 Å². The summed E-state index contributed by atoms with van der Waals surface area (Å²) in [7, 11) is 1.89. The first-order valence-corrected chi connectivity index (χ1v) is 10.2. The van der Waals surface area contributed by atoms with Crippen molar-refractivity contribution in [1.29, 1.82) is 0 Å². The van der Waals surface area contributed by atoms with Crippen molar-refractivity contribution in [2.75, 3.05) is 7.05 Å². The molecular weight excluding hydrogens is 338 g/mol. The van der Waals surface area contributed by atoms with Gasteiger partial charge in [0.1, 0.15) is 5.69 Å². The second-order valence-electron chi connectivity index (χ2n) is 9.26. The number of nitrogens with zero attached hydrogens (tertiary/aromatic N) is 3. The van der Waals surface area contributed by atoms with Crippen LogP contribution >= 0.6 is 0 Å². The lowest BCUT2D eigenvalue weighted by Crippen LogP contribution is -2.48. The molecule has 0 unspecified atom stereocenters. The monoisotopic (exact) mass is 365 g/mol. The summed E-state index contributed by atoms with van der Waals surface area (Å²) in [6.45, 7) is 0.475. The van der Waals surface area contributed by atoms with Crippen LogP contribution in [0.25, 0.3) is 11.3 Å². The Hall–Kier alpha value is -2.17. The molecule has 0 aromatic carbocycles. The maximum Gasteiger partial charge on any atom is 0.223 e. The molecule has 4 aliphatic carbocycles. The van der Waals surface area contributed by atoms with Crippen molar-refractivity contribution in [3.63, 3.8) is 0 Å². The molecule has 27 heavy (non-hydrogen) atoms. The second kappa shape index (κ2) is 6.47. The van der Waals surface area contributed by atoms with E-state index in [9.17, 15) is 4.79 Å². The van der Waals surface area contributed by atoms with Gasteiger partial charge in [-0.3, -0.25) is 9.78 Å². The average molecular weight is 365 g/mol. The van der Waals surface area contributed by atoms with Crippen LogP contribution in [0.15, 0.2) is 35.1 Å². The molecule has 0 radical (unpaired) electrons. The van der Waals surface area contributed by atoms with Crippen LogP contribution in [0, 0.1) is 23.2 Å². The molecule has 1 amide bonds. The summed E-state index contributed by atoms with van der Waals surface area (Å²) in [6, 6.07) is 5.73. The van der Waals surface area contributed by atoms with Crippen LogP contribution in [-0.2, 0) is 11.3 Å². The molecule has 0 saturated heterocycles. The molecule has 4 fully saturated rings. The summed E-state index contributed by atoms with van der Waals surface area (Å²) in [5.74, 6) is 3.62. The van der Waals surface area contributed by atoms with Crippen LogP contribution in [0.1, 0.15) is 50.7 Å². The summed E-state index contributed by atoms with van der Waals surface area (Å²) >= 11 is 0. The van der Waals surface area contributed by atoms with E-state index in [-0.39, 0.29) is 11.3 Å². The molecule has 4 saturated carbocycles. The fourth-order valence-corrected chi connectivity index (χ4v) is 6.33. The Morgan fingerprint density at radius 3 is 2.41 bits per heavy atom. The van der Waals surface area contributed by atoms with Gasteiger partial charge in [0.2, 0.25) is 5.91 Å². The number of carbonyl (C=O) groups is 1. The van der Waals surface area contributed by atoms with E-state index in [0.717, 1.165) is 34.8 Å². The second-order valence-corrected chi connectivity index (χ2v) is 9.26. The first-order chi connectivity index (χ1) is 13.1. The number of aromatic nitrogens is 2. The van der Waals surface area contributed by atoms with Crippen LogP contribution in [0.5, 0.6) is 0 Å². The van der Waals surface area contributed by atoms with Crippen LogP contribution in [-0.4, -0.2) is 28.0 Å². The molecule has 0 atom stereocenters. The molecule has 4 bridgehead atoms. The molecule has 2 heterocycles. The van der Waals surface area contributed by atoms with E-state index < -0.39 is 0 Å². The molecule has 0 N–H and O–H groups in total. The summed E-state index contributed by atoms with van der Waals surface area (Å²) in [5, 5.41) is 4.14. The highest BCUT2D eigenvalue weighted by Gasteiger charge is 2.51. The Bertz CT molecular complexity index is 794. The van der Waals surface area contributed by atoms with E-state index in [1.165, 1.54) is 38.5 Å². The van der Waals surface area contributed by atoms with Crippen molar-refractivity contribution < 1.29 is 9.32 Å². The van der Waals surface area contributed by atoms with Gasteiger partial charge in [0.05, 0.1) is 6.54 Å². The minimum atomic E-state index is 0.249. The van der Waals surface area contributed by atoms with E-state index in [0.29, 0.717) is 13.0 Å². The number of hydrogen-bond donors (Lipinski definition) is 0. The molecule has 5 heteroatoms. The standard InChI is InChI=1S/C22H27N3O2/c1-25(14-19-9-20(24-27-19)18-2-4-23-5-3-18)21(26)13-22-10-15-6-16(11-22)8-17(7-15)12-22/h2-5,9,15-17H,6-8,10-14H2,1H3. The minimum absolute atomic E-state index is 0.249. The van der Waals surface area contributed by atoms with E-state index in [2.05, 4.69) is 10.1 Å². The van der Waals surface area contributed by atoms with Gasteiger partial charge in [0.25, 0.3) is 0 Å². The number of pyridine rings is 1. The highest BCUT2D eigenvalue weighted by atomic mass is 16.5. The van der Waals surface area contributed by atoms with Gasteiger partial charge in [-0.25, -0.2) is 0 Å².